The zero-order chi connectivity index (χ0) is 13.0. The van der Waals surface area contributed by atoms with E-state index in [1.165, 1.54) is 29.1 Å². The van der Waals surface area contributed by atoms with Gasteiger partial charge in [0.2, 0.25) is 0 Å². The van der Waals surface area contributed by atoms with Gasteiger partial charge in [-0.05, 0) is 62.6 Å². The predicted octanol–water partition coefficient (Wildman–Crippen LogP) is 2.59. The Morgan fingerprint density at radius 3 is 3.00 bits per heavy atom. The summed E-state index contributed by atoms with van der Waals surface area (Å²) in [7, 11) is 0. The van der Waals surface area contributed by atoms with Crippen molar-refractivity contribution in [3.05, 3.63) is 29.3 Å². The quantitative estimate of drug-likeness (QED) is 0.803. The first-order valence-corrected chi connectivity index (χ1v) is 7.77. The molecular weight excluding hydrogens is 240 g/mol. The zero-order valence-corrected chi connectivity index (χ0v) is 12.3. The smallest absolute Gasteiger partial charge is 0.0223 e. The lowest BCUT2D eigenvalue weighted by molar-refractivity contribution is 0.469. The minimum Gasteiger partial charge on any atom is -0.324 e. The molecule has 1 aromatic carbocycles. The summed E-state index contributed by atoms with van der Waals surface area (Å²) in [5.41, 5.74) is 8.81. The lowest BCUT2D eigenvalue weighted by Crippen LogP contribution is -2.43. The van der Waals surface area contributed by atoms with Gasteiger partial charge in [-0.1, -0.05) is 12.1 Å². The van der Waals surface area contributed by atoms with Gasteiger partial charge in [0.25, 0.3) is 0 Å². The highest BCUT2D eigenvalue weighted by atomic mass is 32.2. The Morgan fingerprint density at radius 1 is 1.39 bits per heavy atom. The largest absolute Gasteiger partial charge is 0.324 e. The van der Waals surface area contributed by atoms with Gasteiger partial charge in [-0.2, -0.15) is 0 Å². The maximum atomic E-state index is 5.94. The average Bonchev–Trinajstić information content (AvgIpc) is 2.33. The first-order chi connectivity index (χ1) is 8.54. The van der Waals surface area contributed by atoms with Crippen molar-refractivity contribution in [2.24, 2.45) is 5.73 Å². The summed E-state index contributed by atoms with van der Waals surface area (Å²) in [5.74, 6) is 1.28. The number of hydrogen-bond acceptors (Lipinski definition) is 3. The molecule has 0 bridgehead atoms. The Balaban J connectivity index is 1.83. The summed E-state index contributed by atoms with van der Waals surface area (Å²) >= 11 is 2.00. The van der Waals surface area contributed by atoms with Crippen molar-refractivity contribution in [3.63, 3.8) is 0 Å². The molecule has 1 aromatic rings. The maximum absolute atomic E-state index is 5.94. The van der Waals surface area contributed by atoms with Crippen LogP contribution in [0, 0.1) is 0 Å². The molecule has 1 aliphatic rings. The molecule has 3 heteroatoms. The van der Waals surface area contributed by atoms with Crippen LogP contribution in [0.2, 0.25) is 0 Å². The number of benzene rings is 1. The molecule has 0 saturated carbocycles. The van der Waals surface area contributed by atoms with Gasteiger partial charge in [0.1, 0.15) is 0 Å². The van der Waals surface area contributed by atoms with Crippen LogP contribution in [0.25, 0.3) is 0 Å². The van der Waals surface area contributed by atoms with Crippen LogP contribution < -0.4 is 11.1 Å². The third-order valence-electron chi connectivity index (χ3n) is 3.14. The number of thioether (sulfide) groups is 1. The Kier molecular flexibility index (Phi) is 4.71. The highest BCUT2D eigenvalue weighted by Crippen LogP contribution is 2.30. The van der Waals surface area contributed by atoms with Gasteiger partial charge in [-0.25, -0.2) is 0 Å². The maximum Gasteiger partial charge on any atom is 0.0223 e. The Labute approximate surface area is 115 Å². The van der Waals surface area contributed by atoms with E-state index < -0.39 is 0 Å². The molecule has 0 unspecified atom stereocenters. The van der Waals surface area contributed by atoms with Gasteiger partial charge < -0.3 is 11.1 Å². The second-order valence-corrected chi connectivity index (χ2v) is 6.95. The summed E-state index contributed by atoms with van der Waals surface area (Å²) in [6.07, 6.45) is 3.66. The molecule has 0 spiro atoms. The molecule has 0 aliphatic carbocycles. The van der Waals surface area contributed by atoms with E-state index in [1.807, 2.05) is 11.8 Å². The number of nitrogens with one attached hydrogen (secondary N) is 1. The summed E-state index contributed by atoms with van der Waals surface area (Å²) in [4.78, 5) is 1.49. The van der Waals surface area contributed by atoms with Gasteiger partial charge in [0.15, 0.2) is 0 Å². The van der Waals surface area contributed by atoms with Crippen LogP contribution >= 0.6 is 11.8 Å². The fourth-order valence-corrected chi connectivity index (χ4v) is 3.23. The van der Waals surface area contributed by atoms with Gasteiger partial charge in [0, 0.05) is 17.0 Å². The number of aryl methyl sites for hydroxylation is 1. The molecule has 2 nitrogen and oxygen atoms in total. The monoisotopic (exact) mass is 264 g/mol. The van der Waals surface area contributed by atoms with Gasteiger partial charge >= 0.3 is 0 Å². The Bertz CT molecular complexity index is 396. The average molecular weight is 264 g/mol. The van der Waals surface area contributed by atoms with E-state index in [1.54, 1.807) is 5.56 Å². The highest BCUT2D eigenvalue weighted by molar-refractivity contribution is 7.99. The Morgan fingerprint density at radius 2 is 2.22 bits per heavy atom. The molecule has 1 aliphatic heterocycles. The van der Waals surface area contributed by atoms with Crippen LogP contribution in [0.4, 0.5) is 0 Å². The van der Waals surface area contributed by atoms with Gasteiger partial charge in [0.05, 0.1) is 0 Å². The van der Waals surface area contributed by atoms with Crippen LogP contribution in [0.1, 0.15) is 31.4 Å². The molecule has 0 amide bonds. The zero-order valence-electron chi connectivity index (χ0n) is 11.5. The third-order valence-corrected chi connectivity index (χ3v) is 4.35. The van der Waals surface area contributed by atoms with Gasteiger partial charge in [-0.15, -0.1) is 11.8 Å². The SMILES string of the molecule is CC(C)(N)CNCCc1ccc2c(c1)CCCS2. The molecule has 0 saturated heterocycles. The second kappa shape index (κ2) is 6.09. The van der Waals surface area contributed by atoms with E-state index in [4.69, 9.17) is 5.73 Å². The van der Waals surface area contributed by atoms with Crippen molar-refractivity contribution in [1.29, 1.82) is 0 Å². The fraction of sp³-hybridized carbons (Fsp3) is 0.600. The molecule has 0 radical (unpaired) electrons. The highest BCUT2D eigenvalue weighted by Gasteiger charge is 2.11. The fourth-order valence-electron chi connectivity index (χ4n) is 2.21. The molecule has 2 rings (SSSR count). The van der Waals surface area contributed by atoms with E-state index >= 15 is 0 Å². The third kappa shape index (κ3) is 4.30. The van der Waals surface area contributed by atoms with Crippen molar-refractivity contribution in [2.75, 3.05) is 18.8 Å². The summed E-state index contributed by atoms with van der Waals surface area (Å²) < 4.78 is 0. The first kappa shape index (κ1) is 13.9. The van der Waals surface area contributed by atoms with E-state index in [0.29, 0.717) is 0 Å². The van der Waals surface area contributed by atoms with Gasteiger partial charge in [-0.3, -0.25) is 0 Å². The second-order valence-electron chi connectivity index (χ2n) is 5.81. The van der Waals surface area contributed by atoms with Crippen molar-refractivity contribution < 1.29 is 0 Å². The molecule has 0 aromatic heterocycles. The van der Waals surface area contributed by atoms with Crippen LogP contribution in [-0.2, 0) is 12.8 Å². The number of hydrogen-bond donors (Lipinski definition) is 2. The predicted molar refractivity (Wildman–Crippen MR) is 80.3 cm³/mol. The molecule has 100 valence electrons. The molecule has 0 fully saturated rings. The first-order valence-electron chi connectivity index (χ1n) is 6.79. The normalized spacial score (nSPS) is 15.5. The summed E-state index contributed by atoms with van der Waals surface area (Å²) in [5, 5.41) is 3.42. The van der Waals surface area contributed by atoms with E-state index in [2.05, 4.69) is 37.4 Å². The van der Waals surface area contributed by atoms with E-state index in [9.17, 15) is 0 Å². The van der Waals surface area contributed by atoms with Crippen molar-refractivity contribution in [3.8, 4) is 0 Å². The lowest BCUT2D eigenvalue weighted by atomic mass is 10.0. The number of fused-ring (bicyclic) bond motifs is 1. The summed E-state index contributed by atoms with van der Waals surface area (Å²) in [6.45, 7) is 5.98. The Hall–Kier alpha value is -0.510. The van der Waals surface area contributed by atoms with Crippen molar-refractivity contribution in [2.45, 2.75) is 43.5 Å². The molecule has 18 heavy (non-hydrogen) atoms. The minimum absolute atomic E-state index is 0.119. The lowest BCUT2D eigenvalue weighted by Gasteiger charge is -2.19. The molecule has 1 heterocycles. The van der Waals surface area contributed by atoms with Crippen LogP contribution in [0.5, 0.6) is 0 Å². The minimum atomic E-state index is -0.119. The number of rotatable bonds is 5. The van der Waals surface area contributed by atoms with Crippen molar-refractivity contribution in [1.82, 2.24) is 5.32 Å². The summed E-state index contributed by atoms with van der Waals surface area (Å²) in [6, 6.07) is 6.95. The topological polar surface area (TPSA) is 38.0 Å². The molecule has 0 atom stereocenters. The van der Waals surface area contributed by atoms with Crippen LogP contribution in [0.15, 0.2) is 23.1 Å². The van der Waals surface area contributed by atoms with Crippen molar-refractivity contribution >= 4 is 11.8 Å². The van der Waals surface area contributed by atoms with Crippen LogP contribution in [-0.4, -0.2) is 24.4 Å². The number of nitrogens with two attached hydrogens (primary N) is 1. The molecule has 3 N–H and O–H groups in total. The van der Waals surface area contributed by atoms with E-state index in [-0.39, 0.29) is 5.54 Å². The standard InChI is InChI=1S/C15H24N2S/c1-15(2,16)11-17-8-7-12-5-6-14-13(10-12)4-3-9-18-14/h5-6,10,17H,3-4,7-9,11,16H2,1-2H3. The molecular formula is C15H24N2S. The van der Waals surface area contributed by atoms with E-state index in [0.717, 1.165) is 19.5 Å². The van der Waals surface area contributed by atoms with Crippen LogP contribution in [0.3, 0.4) is 0 Å².